The van der Waals surface area contributed by atoms with Crippen molar-refractivity contribution in [2.45, 2.75) is 51.4 Å². The Morgan fingerprint density at radius 1 is 1.06 bits per heavy atom. The standard InChI is InChI=1S/C23H32F3N3O2/c1-23(25,26)19-12-18(13-20(24)14-19)22(31)28-15-16-6-9-29(10-7-16)11-8-27-21(30)17-4-2-3-5-17/h12-14,16-17H,2-11,15H2,1H3,(H,27,30)(H,28,31). The first-order valence-electron chi connectivity index (χ1n) is 11.2. The molecule has 2 fully saturated rings. The van der Waals surface area contributed by atoms with Crippen LogP contribution in [0.2, 0.25) is 0 Å². The molecule has 0 atom stereocenters. The molecule has 1 saturated heterocycles. The number of piperidine rings is 1. The van der Waals surface area contributed by atoms with E-state index < -0.39 is 23.2 Å². The van der Waals surface area contributed by atoms with E-state index in [-0.39, 0.29) is 23.3 Å². The number of carbonyl (C=O) groups excluding carboxylic acids is 2. The van der Waals surface area contributed by atoms with Gasteiger partial charge in [0.25, 0.3) is 11.8 Å². The predicted octanol–water partition coefficient (Wildman–Crippen LogP) is 3.69. The maximum absolute atomic E-state index is 13.7. The fraction of sp³-hybridized carbons (Fsp3) is 0.652. The maximum Gasteiger partial charge on any atom is 0.270 e. The average molecular weight is 440 g/mol. The van der Waals surface area contributed by atoms with E-state index in [2.05, 4.69) is 15.5 Å². The van der Waals surface area contributed by atoms with Crippen molar-refractivity contribution in [1.82, 2.24) is 15.5 Å². The molecule has 2 amide bonds. The quantitative estimate of drug-likeness (QED) is 0.650. The molecule has 1 aromatic carbocycles. The predicted molar refractivity (Wildman–Crippen MR) is 112 cm³/mol. The van der Waals surface area contributed by atoms with Crippen LogP contribution in [0.25, 0.3) is 0 Å². The van der Waals surface area contributed by atoms with Crippen molar-refractivity contribution < 1.29 is 22.8 Å². The van der Waals surface area contributed by atoms with Crippen molar-refractivity contribution in [3.05, 3.63) is 35.1 Å². The van der Waals surface area contributed by atoms with Crippen LogP contribution in [0.5, 0.6) is 0 Å². The first-order valence-corrected chi connectivity index (χ1v) is 11.2. The van der Waals surface area contributed by atoms with E-state index in [4.69, 9.17) is 0 Å². The summed E-state index contributed by atoms with van der Waals surface area (Å²) in [6.45, 7) is 4.34. The van der Waals surface area contributed by atoms with Gasteiger partial charge in [0.05, 0.1) is 0 Å². The highest BCUT2D eigenvalue weighted by atomic mass is 19.3. The maximum atomic E-state index is 13.7. The van der Waals surface area contributed by atoms with Crippen LogP contribution in [0.4, 0.5) is 13.2 Å². The number of hydrogen-bond donors (Lipinski definition) is 2. The Kier molecular flexibility index (Phi) is 7.97. The van der Waals surface area contributed by atoms with E-state index in [1.807, 2.05) is 0 Å². The lowest BCUT2D eigenvalue weighted by atomic mass is 9.96. The van der Waals surface area contributed by atoms with Crippen molar-refractivity contribution in [2.75, 3.05) is 32.7 Å². The number of carbonyl (C=O) groups is 2. The lowest BCUT2D eigenvalue weighted by molar-refractivity contribution is -0.124. The van der Waals surface area contributed by atoms with Crippen molar-refractivity contribution in [2.24, 2.45) is 11.8 Å². The molecule has 2 aliphatic rings. The smallest absolute Gasteiger partial charge is 0.270 e. The summed E-state index contributed by atoms with van der Waals surface area (Å²) in [5, 5.41) is 5.79. The Morgan fingerprint density at radius 2 is 1.74 bits per heavy atom. The molecule has 1 aromatic rings. The second-order valence-electron chi connectivity index (χ2n) is 8.88. The van der Waals surface area contributed by atoms with Gasteiger partial charge in [-0.3, -0.25) is 9.59 Å². The molecule has 31 heavy (non-hydrogen) atoms. The van der Waals surface area contributed by atoms with Gasteiger partial charge in [-0.25, -0.2) is 13.2 Å². The van der Waals surface area contributed by atoms with Crippen LogP contribution >= 0.6 is 0 Å². The second kappa shape index (κ2) is 10.5. The molecule has 0 bridgehead atoms. The van der Waals surface area contributed by atoms with Gasteiger partial charge in [-0.2, -0.15) is 0 Å². The number of rotatable bonds is 8. The number of likely N-dealkylation sites (tertiary alicyclic amines) is 1. The highest BCUT2D eigenvalue weighted by Crippen LogP contribution is 2.28. The fourth-order valence-electron chi connectivity index (χ4n) is 4.40. The summed E-state index contributed by atoms with van der Waals surface area (Å²) in [6, 6.07) is 2.77. The van der Waals surface area contributed by atoms with Gasteiger partial charge in [0.2, 0.25) is 5.91 Å². The Bertz CT molecular complexity index is 768. The molecule has 0 aromatic heterocycles. The van der Waals surface area contributed by atoms with Gasteiger partial charge < -0.3 is 15.5 Å². The van der Waals surface area contributed by atoms with Gasteiger partial charge in [0.1, 0.15) is 5.82 Å². The summed E-state index contributed by atoms with van der Waals surface area (Å²) in [5.41, 5.74) is -0.599. The van der Waals surface area contributed by atoms with Crippen LogP contribution in [0.15, 0.2) is 18.2 Å². The summed E-state index contributed by atoms with van der Waals surface area (Å²) in [5.74, 6) is -3.95. The first-order chi connectivity index (χ1) is 14.7. The summed E-state index contributed by atoms with van der Waals surface area (Å²) < 4.78 is 40.6. The molecule has 0 unspecified atom stereocenters. The minimum atomic E-state index is -3.21. The summed E-state index contributed by atoms with van der Waals surface area (Å²) in [6.07, 6.45) is 6.10. The zero-order chi connectivity index (χ0) is 22.4. The van der Waals surface area contributed by atoms with E-state index in [0.717, 1.165) is 76.4 Å². The van der Waals surface area contributed by atoms with Crippen LogP contribution in [0.1, 0.15) is 61.4 Å². The molecule has 1 aliphatic heterocycles. The normalized spacial score (nSPS) is 18.8. The Balaban J connectivity index is 1.37. The number of alkyl halides is 2. The molecule has 5 nitrogen and oxygen atoms in total. The van der Waals surface area contributed by atoms with E-state index in [9.17, 15) is 22.8 Å². The Morgan fingerprint density at radius 3 is 2.39 bits per heavy atom. The molecule has 1 aliphatic carbocycles. The Labute approximate surface area is 181 Å². The van der Waals surface area contributed by atoms with Crippen LogP contribution in [-0.4, -0.2) is 49.4 Å². The fourth-order valence-corrected chi connectivity index (χ4v) is 4.40. The SMILES string of the molecule is CC(F)(F)c1cc(F)cc(C(=O)NCC2CCN(CCNC(=O)C3CCCC3)CC2)c1. The number of hydrogen-bond acceptors (Lipinski definition) is 3. The van der Waals surface area contributed by atoms with Crippen molar-refractivity contribution in [3.63, 3.8) is 0 Å². The molecule has 172 valence electrons. The molecule has 1 heterocycles. The monoisotopic (exact) mass is 439 g/mol. The van der Waals surface area contributed by atoms with Gasteiger partial charge >= 0.3 is 0 Å². The van der Waals surface area contributed by atoms with Crippen LogP contribution < -0.4 is 10.6 Å². The van der Waals surface area contributed by atoms with E-state index in [0.29, 0.717) is 20.0 Å². The first kappa shape index (κ1) is 23.6. The number of nitrogens with zero attached hydrogens (tertiary/aromatic N) is 1. The number of amides is 2. The molecule has 1 saturated carbocycles. The van der Waals surface area contributed by atoms with E-state index in [1.54, 1.807) is 0 Å². The third-order valence-electron chi connectivity index (χ3n) is 6.38. The van der Waals surface area contributed by atoms with Crippen molar-refractivity contribution in [3.8, 4) is 0 Å². The number of nitrogens with one attached hydrogen (secondary N) is 2. The van der Waals surface area contributed by atoms with Gasteiger partial charge in [-0.1, -0.05) is 12.8 Å². The van der Waals surface area contributed by atoms with E-state index >= 15 is 0 Å². The van der Waals surface area contributed by atoms with Gasteiger partial charge in [-0.05, 0) is 62.9 Å². The molecule has 2 N–H and O–H groups in total. The number of benzene rings is 1. The largest absolute Gasteiger partial charge is 0.355 e. The second-order valence-corrected chi connectivity index (χ2v) is 8.88. The zero-order valence-corrected chi connectivity index (χ0v) is 18.1. The zero-order valence-electron chi connectivity index (χ0n) is 18.1. The third kappa shape index (κ3) is 6.95. The van der Waals surface area contributed by atoms with Crippen molar-refractivity contribution >= 4 is 11.8 Å². The topological polar surface area (TPSA) is 61.4 Å². The van der Waals surface area contributed by atoms with Crippen LogP contribution in [0.3, 0.4) is 0 Å². The molecular formula is C23H32F3N3O2. The van der Waals surface area contributed by atoms with Gasteiger partial charge in [0, 0.05) is 43.6 Å². The highest BCUT2D eigenvalue weighted by molar-refractivity contribution is 5.94. The van der Waals surface area contributed by atoms with Crippen LogP contribution in [0, 0.1) is 17.7 Å². The highest BCUT2D eigenvalue weighted by Gasteiger charge is 2.27. The molecule has 3 rings (SSSR count). The third-order valence-corrected chi connectivity index (χ3v) is 6.38. The minimum absolute atomic E-state index is 0.0908. The average Bonchev–Trinajstić information content (AvgIpc) is 3.27. The molecule has 0 spiro atoms. The van der Waals surface area contributed by atoms with Gasteiger partial charge in [-0.15, -0.1) is 0 Å². The van der Waals surface area contributed by atoms with Gasteiger partial charge in [0.15, 0.2) is 0 Å². The summed E-state index contributed by atoms with van der Waals surface area (Å²) in [4.78, 5) is 26.7. The lowest BCUT2D eigenvalue weighted by Crippen LogP contribution is -2.42. The summed E-state index contributed by atoms with van der Waals surface area (Å²) in [7, 11) is 0. The lowest BCUT2D eigenvalue weighted by Gasteiger charge is -2.32. The summed E-state index contributed by atoms with van der Waals surface area (Å²) >= 11 is 0. The molecule has 0 radical (unpaired) electrons. The molecule has 8 heteroatoms. The van der Waals surface area contributed by atoms with Crippen LogP contribution in [-0.2, 0) is 10.7 Å². The number of halogens is 3. The van der Waals surface area contributed by atoms with Crippen molar-refractivity contribution in [1.29, 1.82) is 0 Å². The van der Waals surface area contributed by atoms with E-state index in [1.165, 1.54) is 0 Å². The minimum Gasteiger partial charge on any atom is -0.355 e. The molecular weight excluding hydrogens is 407 g/mol. The Hall–Kier alpha value is -2.09.